The van der Waals surface area contributed by atoms with Crippen LogP contribution in [0.1, 0.15) is 20.9 Å². The molecule has 0 atom stereocenters. The highest BCUT2D eigenvalue weighted by molar-refractivity contribution is 7.09. The molecule has 0 saturated carbocycles. The molecule has 0 bridgehead atoms. The molecule has 2 aromatic heterocycles. The Labute approximate surface area is 103 Å². The normalized spacial score (nSPS) is 9.59. The van der Waals surface area contributed by atoms with Crippen molar-refractivity contribution < 1.29 is 4.79 Å². The van der Waals surface area contributed by atoms with Crippen LogP contribution in [0, 0.1) is 11.3 Å². The van der Waals surface area contributed by atoms with Crippen molar-refractivity contribution in [3.05, 3.63) is 52.0 Å². The molecule has 2 rings (SSSR count). The van der Waals surface area contributed by atoms with E-state index in [-0.39, 0.29) is 5.91 Å². The second kappa shape index (κ2) is 5.23. The summed E-state index contributed by atoms with van der Waals surface area (Å²) >= 11 is 1.59. The Kier molecular flexibility index (Phi) is 3.48. The lowest BCUT2D eigenvalue weighted by molar-refractivity contribution is 0.0946. The van der Waals surface area contributed by atoms with E-state index >= 15 is 0 Å². The smallest absolute Gasteiger partial charge is 0.270 e. The molecule has 0 fully saturated rings. The van der Waals surface area contributed by atoms with Crippen LogP contribution in [0.25, 0.3) is 0 Å². The summed E-state index contributed by atoms with van der Waals surface area (Å²) in [7, 11) is 0. The summed E-state index contributed by atoms with van der Waals surface area (Å²) in [4.78, 5) is 16.7. The number of carbonyl (C=O) groups excluding carboxylic acids is 1. The van der Waals surface area contributed by atoms with Crippen molar-refractivity contribution >= 4 is 17.2 Å². The number of rotatable bonds is 3. The fourth-order valence-electron chi connectivity index (χ4n) is 1.27. The van der Waals surface area contributed by atoms with Crippen molar-refractivity contribution in [3.8, 4) is 6.07 Å². The molecule has 0 unspecified atom stereocenters. The molecule has 0 aromatic carbocycles. The first-order valence-corrected chi connectivity index (χ1v) is 5.84. The number of aromatic nitrogens is 1. The van der Waals surface area contributed by atoms with Gasteiger partial charge in [0.25, 0.3) is 5.91 Å². The highest BCUT2D eigenvalue weighted by atomic mass is 32.1. The Morgan fingerprint density at radius 3 is 2.94 bits per heavy atom. The van der Waals surface area contributed by atoms with E-state index < -0.39 is 0 Å². The van der Waals surface area contributed by atoms with Crippen molar-refractivity contribution in [3.63, 3.8) is 0 Å². The van der Waals surface area contributed by atoms with Gasteiger partial charge in [0, 0.05) is 11.1 Å². The third kappa shape index (κ3) is 2.89. The molecule has 5 heteroatoms. The van der Waals surface area contributed by atoms with Crippen LogP contribution in [0.3, 0.4) is 0 Å². The zero-order valence-corrected chi connectivity index (χ0v) is 9.70. The SMILES string of the molecule is N#Cc1ccc(C(=O)NCc2cccs2)nc1. The zero-order chi connectivity index (χ0) is 12.1. The quantitative estimate of drug-likeness (QED) is 0.896. The number of nitrogens with zero attached hydrogens (tertiary/aromatic N) is 2. The van der Waals surface area contributed by atoms with Gasteiger partial charge in [-0.25, -0.2) is 4.98 Å². The predicted octanol–water partition coefficient (Wildman–Crippen LogP) is 1.94. The molecule has 0 aliphatic heterocycles. The molecule has 84 valence electrons. The maximum Gasteiger partial charge on any atom is 0.270 e. The van der Waals surface area contributed by atoms with E-state index in [0.29, 0.717) is 17.8 Å². The third-order valence-corrected chi connectivity index (χ3v) is 3.00. The minimum atomic E-state index is -0.233. The van der Waals surface area contributed by atoms with Gasteiger partial charge < -0.3 is 5.32 Å². The molecule has 2 heterocycles. The van der Waals surface area contributed by atoms with Gasteiger partial charge in [-0.05, 0) is 23.6 Å². The lowest BCUT2D eigenvalue weighted by atomic mass is 10.2. The van der Waals surface area contributed by atoms with Crippen molar-refractivity contribution in [1.29, 1.82) is 5.26 Å². The average molecular weight is 243 g/mol. The minimum absolute atomic E-state index is 0.233. The summed E-state index contributed by atoms with van der Waals surface area (Å²) in [5.41, 5.74) is 0.764. The van der Waals surface area contributed by atoms with Gasteiger partial charge in [0.15, 0.2) is 0 Å². The number of hydrogen-bond acceptors (Lipinski definition) is 4. The first-order valence-electron chi connectivity index (χ1n) is 4.96. The predicted molar refractivity (Wildman–Crippen MR) is 64.4 cm³/mol. The molecule has 1 N–H and O–H groups in total. The van der Waals surface area contributed by atoms with Gasteiger partial charge in [0.1, 0.15) is 11.8 Å². The lowest BCUT2D eigenvalue weighted by Crippen LogP contribution is -2.23. The van der Waals surface area contributed by atoms with Gasteiger partial charge in [-0.1, -0.05) is 6.07 Å². The summed E-state index contributed by atoms with van der Waals surface area (Å²) in [5, 5.41) is 13.3. The summed E-state index contributed by atoms with van der Waals surface area (Å²) < 4.78 is 0. The second-order valence-corrected chi connectivity index (χ2v) is 4.34. The first-order chi connectivity index (χ1) is 8.29. The van der Waals surface area contributed by atoms with Crippen LogP contribution < -0.4 is 5.32 Å². The molecule has 17 heavy (non-hydrogen) atoms. The highest BCUT2D eigenvalue weighted by Gasteiger charge is 2.06. The van der Waals surface area contributed by atoms with E-state index in [1.165, 1.54) is 6.20 Å². The number of pyridine rings is 1. The van der Waals surface area contributed by atoms with Gasteiger partial charge >= 0.3 is 0 Å². The Hall–Kier alpha value is -2.19. The van der Waals surface area contributed by atoms with Crippen molar-refractivity contribution in [1.82, 2.24) is 10.3 Å². The van der Waals surface area contributed by atoms with E-state index in [9.17, 15) is 4.79 Å². The molecule has 2 aromatic rings. The van der Waals surface area contributed by atoms with Crippen molar-refractivity contribution in [2.45, 2.75) is 6.54 Å². The van der Waals surface area contributed by atoms with E-state index in [1.807, 2.05) is 23.6 Å². The number of carbonyl (C=O) groups is 1. The molecule has 0 spiro atoms. The topological polar surface area (TPSA) is 65.8 Å². The van der Waals surface area contributed by atoms with Gasteiger partial charge in [0.05, 0.1) is 12.1 Å². The Morgan fingerprint density at radius 2 is 2.35 bits per heavy atom. The monoisotopic (exact) mass is 243 g/mol. The zero-order valence-electron chi connectivity index (χ0n) is 8.88. The first kappa shape index (κ1) is 11.3. The fraction of sp³-hybridized carbons (Fsp3) is 0.0833. The third-order valence-electron chi connectivity index (χ3n) is 2.13. The van der Waals surface area contributed by atoms with Crippen molar-refractivity contribution in [2.75, 3.05) is 0 Å². The van der Waals surface area contributed by atoms with Crippen LogP contribution in [0.4, 0.5) is 0 Å². The molecular formula is C12H9N3OS. The Bertz CT molecular complexity index is 540. The second-order valence-electron chi connectivity index (χ2n) is 3.31. The van der Waals surface area contributed by atoms with E-state index in [4.69, 9.17) is 5.26 Å². The number of nitrogens with one attached hydrogen (secondary N) is 1. The van der Waals surface area contributed by atoms with E-state index in [1.54, 1.807) is 23.5 Å². The maximum atomic E-state index is 11.7. The number of nitriles is 1. The van der Waals surface area contributed by atoms with Crippen LogP contribution in [0.5, 0.6) is 0 Å². The Balaban J connectivity index is 1.97. The maximum absolute atomic E-state index is 11.7. The van der Waals surface area contributed by atoms with E-state index in [0.717, 1.165) is 4.88 Å². The van der Waals surface area contributed by atoms with Crippen LogP contribution in [-0.4, -0.2) is 10.9 Å². The molecular weight excluding hydrogens is 234 g/mol. The molecule has 4 nitrogen and oxygen atoms in total. The molecule has 0 aliphatic carbocycles. The van der Waals surface area contributed by atoms with Crippen LogP contribution in [0.15, 0.2) is 35.8 Å². The van der Waals surface area contributed by atoms with Crippen LogP contribution >= 0.6 is 11.3 Å². The van der Waals surface area contributed by atoms with Crippen LogP contribution in [-0.2, 0) is 6.54 Å². The standard InChI is InChI=1S/C12H9N3OS/c13-6-9-3-4-11(14-7-9)12(16)15-8-10-2-1-5-17-10/h1-5,7H,8H2,(H,15,16). The molecule has 0 radical (unpaired) electrons. The summed E-state index contributed by atoms with van der Waals surface area (Å²) in [6.45, 7) is 0.498. The number of hydrogen-bond donors (Lipinski definition) is 1. The van der Waals surface area contributed by atoms with Crippen LogP contribution in [0.2, 0.25) is 0 Å². The molecule has 0 aliphatic rings. The fourth-order valence-corrected chi connectivity index (χ4v) is 1.91. The largest absolute Gasteiger partial charge is 0.346 e. The van der Waals surface area contributed by atoms with Gasteiger partial charge in [-0.15, -0.1) is 11.3 Å². The van der Waals surface area contributed by atoms with E-state index in [2.05, 4.69) is 10.3 Å². The highest BCUT2D eigenvalue weighted by Crippen LogP contribution is 2.07. The van der Waals surface area contributed by atoms with Crippen molar-refractivity contribution in [2.24, 2.45) is 0 Å². The summed E-state index contributed by atoms with van der Waals surface area (Å²) in [5.74, 6) is -0.233. The van der Waals surface area contributed by atoms with Gasteiger partial charge in [-0.2, -0.15) is 5.26 Å². The summed E-state index contributed by atoms with van der Waals surface area (Å²) in [6.07, 6.45) is 1.39. The Morgan fingerprint density at radius 1 is 1.47 bits per heavy atom. The number of thiophene rings is 1. The summed E-state index contributed by atoms with van der Waals surface area (Å²) in [6, 6.07) is 8.97. The van der Waals surface area contributed by atoms with Gasteiger partial charge in [-0.3, -0.25) is 4.79 Å². The molecule has 0 saturated heterocycles. The lowest BCUT2D eigenvalue weighted by Gasteiger charge is -2.02. The number of amides is 1. The average Bonchev–Trinajstić information content (AvgIpc) is 2.89. The minimum Gasteiger partial charge on any atom is -0.346 e. The molecule has 1 amide bonds. The van der Waals surface area contributed by atoms with Gasteiger partial charge in [0.2, 0.25) is 0 Å².